The molecule has 0 aliphatic carbocycles. The number of para-hydroxylation sites is 1. The highest BCUT2D eigenvalue weighted by molar-refractivity contribution is 5.77. The largest absolute Gasteiger partial charge is 0.481 e. The summed E-state index contributed by atoms with van der Waals surface area (Å²) in [6.45, 7) is 1.79. The fourth-order valence-corrected chi connectivity index (χ4v) is 1.43. The number of rotatable bonds is 2. The predicted octanol–water partition coefficient (Wildman–Crippen LogP) is 1.60. The van der Waals surface area contributed by atoms with Gasteiger partial charge in [-0.15, -0.1) is 0 Å². The highest BCUT2D eigenvalue weighted by Gasteiger charge is 2.24. The van der Waals surface area contributed by atoms with Crippen molar-refractivity contribution in [2.75, 3.05) is 6.79 Å². The summed E-state index contributed by atoms with van der Waals surface area (Å²) in [7, 11) is 0. The van der Waals surface area contributed by atoms with Crippen LogP contribution < -0.4 is 9.47 Å². The normalized spacial score (nSPS) is 15.2. The number of carboxylic acids is 1. The van der Waals surface area contributed by atoms with Crippen LogP contribution in [0, 0.1) is 0 Å². The molecule has 0 fully saturated rings. The van der Waals surface area contributed by atoms with Gasteiger partial charge >= 0.3 is 5.97 Å². The summed E-state index contributed by atoms with van der Waals surface area (Å²) in [5.74, 6) is -0.265. The van der Waals surface area contributed by atoms with E-state index in [0.717, 1.165) is 0 Å². The highest BCUT2D eigenvalue weighted by Crippen LogP contribution is 2.38. The van der Waals surface area contributed by atoms with Gasteiger partial charge in [0.2, 0.25) is 6.79 Å². The Bertz CT molecular complexity index is 372. The van der Waals surface area contributed by atoms with Gasteiger partial charge in [-0.1, -0.05) is 12.1 Å². The Balaban J connectivity index is 2.44. The molecule has 0 amide bonds. The average molecular weight is 194 g/mol. The first-order valence-corrected chi connectivity index (χ1v) is 4.31. The van der Waals surface area contributed by atoms with Crippen LogP contribution in [0.25, 0.3) is 0 Å². The molecule has 1 aromatic rings. The lowest BCUT2D eigenvalue weighted by Crippen LogP contribution is -2.08. The summed E-state index contributed by atoms with van der Waals surface area (Å²) in [6, 6.07) is 5.27. The van der Waals surface area contributed by atoms with Crippen LogP contribution >= 0.6 is 0 Å². The van der Waals surface area contributed by atoms with Gasteiger partial charge in [-0.05, 0) is 13.0 Å². The first-order valence-electron chi connectivity index (χ1n) is 4.31. The molecule has 14 heavy (non-hydrogen) atoms. The second kappa shape index (κ2) is 3.21. The van der Waals surface area contributed by atoms with Gasteiger partial charge in [-0.25, -0.2) is 0 Å². The van der Waals surface area contributed by atoms with E-state index in [1.54, 1.807) is 25.1 Å². The quantitative estimate of drug-likeness (QED) is 0.776. The van der Waals surface area contributed by atoms with Gasteiger partial charge in [-0.2, -0.15) is 0 Å². The summed E-state index contributed by atoms with van der Waals surface area (Å²) in [6.07, 6.45) is 0. The van der Waals surface area contributed by atoms with Crippen molar-refractivity contribution >= 4 is 5.97 Å². The third-order valence-electron chi connectivity index (χ3n) is 2.26. The molecule has 0 saturated carbocycles. The van der Waals surface area contributed by atoms with E-state index in [-0.39, 0.29) is 6.79 Å². The lowest BCUT2D eigenvalue weighted by Gasteiger charge is -2.09. The maximum atomic E-state index is 10.8. The smallest absolute Gasteiger partial charge is 0.310 e. The molecule has 74 valence electrons. The van der Waals surface area contributed by atoms with E-state index in [4.69, 9.17) is 14.6 Å². The molecular formula is C10H10O4. The Morgan fingerprint density at radius 2 is 2.29 bits per heavy atom. The van der Waals surface area contributed by atoms with Crippen molar-refractivity contribution in [3.05, 3.63) is 23.8 Å². The number of aliphatic carboxylic acids is 1. The van der Waals surface area contributed by atoms with Gasteiger partial charge < -0.3 is 14.6 Å². The maximum Gasteiger partial charge on any atom is 0.310 e. The number of carboxylic acid groups (broad SMARTS) is 1. The van der Waals surface area contributed by atoms with Crippen molar-refractivity contribution in [3.63, 3.8) is 0 Å². The zero-order valence-electron chi connectivity index (χ0n) is 7.69. The molecule has 1 atom stereocenters. The summed E-state index contributed by atoms with van der Waals surface area (Å²) in [5.41, 5.74) is 0.660. The second-order valence-electron chi connectivity index (χ2n) is 3.14. The van der Waals surface area contributed by atoms with E-state index in [2.05, 4.69) is 0 Å². The zero-order chi connectivity index (χ0) is 10.1. The summed E-state index contributed by atoms with van der Waals surface area (Å²) in [5, 5.41) is 8.87. The van der Waals surface area contributed by atoms with Gasteiger partial charge in [0, 0.05) is 5.56 Å². The fourth-order valence-electron chi connectivity index (χ4n) is 1.43. The number of hydrogen-bond acceptors (Lipinski definition) is 3. The first kappa shape index (κ1) is 8.87. The predicted molar refractivity (Wildman–Crippen MR) is 48.6 cm³/mol. The monoisotopic (exact) mass is 194 g/mol. The third-order valence-corrected chi connectivity index (χ3v) is 2.26. The standard InChI is InChI=1S/C10H10O4/c1-6(10(11)12)7-3-2-4-8-9(7)14-5-13-8/h2-4,6H,5H2,1H3,(H,11,12). The second-order valence-corrected chi connectivity index (χ2v) is 3.14. The van der Waals surface area contributed by atoms with Crippen molar-refractivity contribution in [1.29, 1.82) is 0 Å². The van der Waals surface area contributed by atoms with Crippen molar-refractivity contribution < 1.29 is 19.4 Å². The van der Waals surface area contributed by atoms with Gasteiger partial charge in [-0.3, -0.25) is 4.79 Å². The Hall–Kier alpha value is -1.71. The number of ether oxygens (including phenoxy) is 2. The Morgan fingerprint density at radius 3 is 3.00 bits per heavy atom. The van der Waals surface area contributed by atoms with Crippen molar-refractivity contribution in [2.45, 2.75) is 12.8 Å². The Kier molecular flexibility index (Phi) is 2.04. The highest BCUT2D eigenvalue weighted by atomic mass is 16.7. The molecule has 0 radical (unpaired) electrons. The average Bonchev–Trinajstić information content (AvgIpc) is 2.63. The Morgan fingerprint density at radius 1 is 1.50 bits per heavy atom. The van der Waals surface area contributed by atoms with Crippen LogP contribution in [-0.4, -0.2) is 17.9 Å². The lowest BCUT2D eigenvalue weighted by molar-refractivity contribution is -0.138. The lowest BCUT2D eigenvalue weighted by atomic mass is 10.00. The molecule has 1 N–H and O–H groups in total. The molecule has 1 aliphatic rings. The molecule has 4 nitrogen and oxygen atoms in total. The SMILES string of the molecule is CC(C(=O)O)c1cccc2c1OCO2. The summed E-state index contributed by atoms with van der Waals surface area (Å²) < 4.78 is 10.4. The summed E-state index contributed by atoms with van der Waals surface area (Å²) in [4.78, 5) is 10.8. The van der Waals surface area contributed by atoms with Crippen LogP contribution in [0.5, 0.6) is 11.5 Å². The minimum atomic E-state index is -0.867. The molecule has 0 bridgehead atoms. The number of fused-ring (bicyclic) bond motifs is 1. The van der Waals surface area contributed by atoms with Crippen LogP contribution in [-0.2, 0) is 4.79 Å². The van der Waals surface area contributed by atoms with Crippen LogP contribution in [0.15, 0.2) is 18.2 Å². The molecule has 0 aromatic heterocycles. The summed E-state index contributed by atoms with van der Waals surface area (Å²) >= 11 is 0. The van der Waals surface area contributed by atoms with Gasteiger partial charge in [0.25, 0.3) is 0 Å². The molecule has 0 spiro atoms. The van der Waals surface area contributed by atoms with E-state index in [0.29, 0.717) is 17.1 Å². The zero-order valence-corrected chi connectivity index (χ0v) is 7.69. The van der Waals surface area contributed by atoms with E-state index < -0.39 is 11.9 Å². The van der Waals surface area contributed by atoms with Crippen LogP contribution in [0.1, 0.15) is 18.4 Å². The minimum Gasteiger partial charge on any atom is -0.481 e. The van der Waals surface area contributed by atoms with Crippen molar-refractivity contribution in [1.82, 2.24) is 0 Å². The van der Waals surface area contributed by atoms with Crippen LogP contribution in [0.4, 0.5) is 0 Å². The van der Waals surface area contributed by atoms with E-state index in [1.807, 2.05) is 0 Å². The molecule has 4 heteroatoms. The third kappa shape index (κ3) is 1.28. The van der Waals surface area contributed by atoms with Gasteiger partial charge in [0.15, 0.2) is 11.5 Å². The van der Waals surface area contributed by atoms with Crippen molar-refractivity contribution in [3.8, 4) is 11.5 Å². The van der Waals surface area contributed by atoms with E-state index >= 15 is 0 Å². The molecule has 1 aromatic carbocycles. The van der Waals surface area contributed by atoms with Crippen LogP contribution in [0.3, 0.4) is 0 Å². The number of carbonyl (C=O) groups is 1. The number of hydrogen-bond donors (Lipinski definition) is 1. The van der Waals surface area contributed by atoms with Gasteiger partial charge in [0.05, 0.1) is 5.92 Å². The topological polar surface area (TPSA) is 55.8 Å². The Labute approximate surface area is 81.1 Å². The maximum absolute atomic E-state index is 10.8. The van der Waals surface area contributed by atoms with E-state index in [1.165, 1.54) is 0 Å². The molecule has 1 aliphatic heterocycles. The van der Waals surface area contributed by atoms with Gasteiger partial charge in [0.1, 0.15) is 0 Å². The first-order chi connectivity index (χ1) is 6.70. The molecular weight excluding hydrogens is 184 g/mol. The van der Waals surface area contributed by atoms with Crippen molar-refractivity contribution in [2.24, 2.45) is 0 Å². The molecule has 2 rings (SSSR count). The molecule has 1 unspecified atom stereocenters. The minimum absolute atomic E-state index is 0.165. The number of benzene rings is 1. The fraction of sp³-hybridized carbons (Fsp3) is 0.300. The molecule has 1 heterocycles. The van der Waals surface area contributed by atoms with Crippen LogP contribution in [0.2, 0.25) is 0 Å². The van der Waals surface area contributed by atoms with E-state index in [9.17, 15) is 4.79 Å². The molecule has 0 saturated heterocycles.